The van der Waals surface area contributed by atoms with E-state index in [4.69, 9.17) is 12.2 Å². The van der Waals surface area contributed by atoms with Crippen LogP contribution in [0.1, 0.15) is 23.5 Å². The van der Waals surface area contributed by atoms with E-state index >= 15 is 0 Å². The van der Waals surface area contributed by atoms with E-state index in [1.54, 1.807) is 0 Å². The predicted octanol–water partition coefficient (Wildman–Crippen LogP) is 4.44. The zero-order valence-corrected chi connectivity index (χ0v) is 16.4. The highest BCUT2D eigenvalue weighted by atomic mass is 32.1. The van der Waals surface area contributed by atoms with Crippen molar-refractivity contribution >= 4 is 23.0 Å². The zero-order valence-electron chi connectivity index (χ0n) is 15.6. The van der Waals surface area contributed by atoms with Gasteiger partial charge in [0, 0.05) is 30.0 Å². The molecule has 0 saturated carbocycles. The second-order valence-corrected chi connectivity index (χ2v) is 7.21. The maximum atomic E-state index is 5.77. The summed E-state index contributed by atoms with van der Waals surface area (Å²) < 4.78 is 2.12. The van der Waals surface area contributed by atoms with Crippen molar-refractivity contribution in [3.05, 3.63) is 109 Å². The Hall–Kier alpha value is -3.51. The van der Waals surface area contributed by atoms with Crippen LogP contribution in [-0.4, -0.2) is 19.6 Å². The molecular formula is C23H19N5S. The van der Waals surface area contributed by atoms with Crippen molar-refractivity contribution in [3.63, 3.8) is 0 Å². The second kappa shape index (κ2) is 7.48. The molecule has 0 bridgehead atoms. The monoisotopic (exact) mass is 397 g/mol. The van der Waals surface area contributed by atoms with Gasteiger partial charge in [0.2, 0.25) is 0 Å². The summed E-state index contributed by atoms with van der Waals surface area (Å²) in [6.45, 7) is 0. The van der Waals surface area contributed by atoms with Crippen LogP contribution in [-0.2, 0) is 0 Å². The molecule has 1 N–H and O–H groups in total. The summed E-state index contributed by atoms with van der Waals surface area (Å²) in [7, 11) is 0. The lowest BCUT2D eigenvalue weighted by atomic mass is 10.0. The zero-order chi connectivity index (χ0) is 19.6. The topological polar surface area (TPSA) is 46.0 Å². The number of aromatic nitrogens is 3. The van der Waals surface area contributed by atoms with Crippen LogP contribution >= 0.6 is 12.2 Å². The van der Waals surface area contributed by atoms with Crippen molar-refractivity contribution in [2.24, 2.45) is 0 Å². The van der Waals surface area contributed by atoms with Crippen LogP contribution in [0.3, 0.4) is 0 Å². The predicted molar refractivity (Wildman–Crippen MR) is 118 cm³/mol. The molecule has 4 heterocycles. The van der Waals surface area contributed by atoms with Crippen LogP contribution in [0, 0.1) is 0 Å². The maximum absolute atomic E-state index is 5.77. The van der Waals surface area contributed by atoms with Crippen LogP contribution in [0.25, 0.3) is 5.82 Å². The molecule has 5 rings (SSSR count). The molecule has 0 aliphatic carbocycles. The Bertz CT molecular complexity index is 1110. The van der Waals surface area contributed by atoms with Gasteiger partial charge in [-0.3, -0.25) is 4.98 Å². The molecule has 142 valence electrons. The Kier molecular flexibility index (Phi) is 4.54. The average molecular weight is 398 g/mol. The van der Waals surface area contributed by atoms with Crippen molar-refractivity contribution in [3.8, 4) is 5.82 Å². The minimum absolute atomic E-state index is 0.0724. The maximum Gasteiger partial charge on any atom is 0.174 e. The molecular weight excluding hydrogens is 378 g/mol. The third-order valence-electron chi connectivity index (χ3n) is 5.11. The van der Waals surface area contributed by atoms with Gasteiger partial charge in [0.1, 0.15) is 11.9 Å². The van der Waals surface area contributed by atoms with Gasteiger partial charge in [-0.05, 0) is 60.7 Å². The van der Waals surface area contributed by atoms with Gasteiger partial charge in [-0.2, -0.15) is 0 Å². The first-order valence-electron chi connectivity index (χ1n) is 9.47. The quantitative estimate of drug-likeness (QED) is 0.516. The Morgan fingerprint density at radius 3 is 2.28 bits per heavy atom. The molecule has 3 aromatic heterocycles. The fourth-order valence-corrected chi connectivity index (χ4v) is 4.21. The van der Waals surface area contributed by atoms with Gasteiger partial charge in [-0.1, -0.05) is 30.3 Å². The van der Waals surface area contributed by atoms with Gasteiger partial charge in [0.15, 0.2) is 5.11 Å². The van der Waals surface area contributed by atoms with Crippen molar-refractivity contribution in [2.75, 3.05) is 4.90 Å². The largest absolute Gasteiger partial charge is 0.351 e. The van der Waals surface area contributed by atoms with Gasteiger partial charge in [0.25, 0.3) is 0 Å². The lowest BCUT2D eigenvalue weighted by molar-refractivity contribution is 0.548. The first-order chi connectivity index (χ1) is 14.3. The highest BCUT2D eigenvalue weighted by Gasteiger charge is 2.42. The van der Waals surface area contributed by atoms with Gasteiger partial charge in [-0.25, -0.2) is 4.98 Å². The number of pyridine rings is 2. The summed E-state index contributed by atoms with van der Waals surface area (Å²) >= 11 is 5.77. The first kappa shape index (κ1) is 17.6. The van der Waals surface area contributed by atoms with E-state index in [0.29, 0.717) is 5.11 Å². The molecule has 1 fully saturated rings. The number of benzene rings is 1. The normalized spacial score (nSPS) is 18.6. The molecule has 0 spiro atoms. The Morgan fingerprint density at radius 1 is 0.793 bits per heavy atom. The van der Waals surface area contributed by atoms with E-state index in [2.05, 4.69) is 43.0 Å². The highest BCUT2D eigenvalue weighted by molar-refractivity contribution is 7.80. The minimum Gasteiger partial charge on any atom is -0.351 e. The van der Waals surface area contributed by atoms with E-state index in [1.165, 1.54) is 0 Å². The Labute approximate surface area is 174 Å². The molecule has 6 heteroatoms. The fourth-order valence-electron chi connectivity index (χ4n) is 3.86. The summed E-state index contributed by atoms with van der Waals surface area (Å²) in [6.07, 6.45) is 5.67. The lowest BCUT2D eigenvalue weighted by Gasteiger charge is -2.28. The van der Waals surface area contributed by atoms with Gasteiger partial charge in [-0.15, -0.1) is 0 Å². The van der Waals surface area contributed by atoms with Crippen molar-refractivity contribution < 1.29 is 0 Å². The van der Waals surface area contributed by atoms with E-state index in [0.717, 1.165) is 22.9 Å². The molecule has 1 aromatic carbocycles. The van der Waals surface area contributed by atoms with Crippen LogP contribution in [0.5, 0.6) is 0 Å². The smallest absolute Gasteiger partial charge is 0.174 e. The Balaban J connectivity index is 1.67. The molecule has 1 aliphatic heterocycles. The highest BCUT2D eigenvalue weighted by Crippen LogP contribution is 2.41. The third-order valence-corrected chi connectivity index (χ3v) is 5.43. The molecule has 0 amide bonds. The number of anilines is 1. The summed E-state index contributed by atoms with van der Waals surface area (Å²) in [4.78, 5) is 11.3. The molecule has 0 radical (unpaired) electrons. The van der Waals surface area contributed by atoms with Crippen LogP contribution in [0.4, 0.5) is 5.69 Å². The van der Waals surface area contributed by atoms with E-state index in [9.17, 15) is 0 Å². The molecule has 29 heavy (non-hydrogen) atoms. The van der Waals surface area contributed by atoms with E-state index in [1.807, 2.05) is 79.3 Å². The lowest BCUT2D eigenvalue weighted by Crippen LogP contribution is -2.30. The van der Waals surface area contributed by atoms with E-state index < -0.39 is 0 Å². The van der Waals surface area contributed by atoms with Crippen molar-refractivity contribution in [2.45, 2.75) is 12.1 Å². The van der Waals surface area contributed by atoms with Crippen molar-refractivity contribution in [1.29, 1.82) is 0 Å². The summed E-state index contributed by atoms with van der Waals surface area (Å²) in [6, 6.07) is 26.1. The Morgan fingerprint density at radius 2 is 1.55 bits per heavy atom. The fraction of sp³-hybridized carbons (Fsp3) is 0.0870. The first-order valence-corrected chi connectivity index (χ1v) is 9.88. The number of nitrogens with one attached hydrogen (secondary N) is 1. The number of hydrogen-bond acceptors (Lipinski definition) is 3. The molecule has 1 aliphatic rings. The van der Waals surface area contributed by atoms with Crippen molar-refractivity contribution in [1.82, 2.24) is 19.9 Å². The van der Waals surface area contributed by atoms with Gasteiger partial charge in [0.05, 0.1) is 11.7 Å². The number of thiocarbonyl (C=S) groups is 1. The van der Waals surface area contributed by atoms with Crippen LogP contribution in [0.15, 0.2) is 97.5 Å². The molecule has 1 saturated heterocycles. The van der Waals surface area contributed by atoms with E-state index in [-0.39, 0.29) is 12.1 Å². The van der Waals surface area contributed by atoms with Crippen LogP contribution < -0.4 is 10.2 Å². The number of hydrogen-bond donors (Lipinski definition) is 1. The molecule has 2 atom stereocenters. The van der Waals surface area contributed by atoms with Gasteiger partial charge < -0.3 is 14.8 Å². The minimum atomic E-state index is -0.0822. The van der Waals surface area contributed by atoms with Gasteiger partial charge >= 0.3 is 0 Å². The SMILES string of the molecule is S=C1NC(c2ccccn2)C(c2cccn2-c2ccccn2)N1c1ccccc1. The average Bonchev–Trinajstić information content (AvgIpc) is 3.40. The molecule has 2 unspecified atom stereocenters. The number of rotatable bonds is 4. The molecule has 5 nitrogen and oxygen atoms in total. The third kappa shape index (κ3) is 3.17. The van der Waals surface area contributed by atoms with Crippen LogP contribution in [0.2, 0.25) is 0 Å². The summed E-state index contributed by atoms with van der Waals surface area (Å²) in [5.41, 5.74) is 3.09. The number of para-hydroxylation sites is 1. The number of nitrogens with zero attached hydrogens (tertiary/aromatic N) is 4. The summed E-state index contributed by atoms with van der Waals surface area (Å²) in [5, 5.41) is 4.18. The second-order valence-electron chi connectivity index (χ2n) is 6.82. The summed E-state index contributed by atoms with van der Waals surface area (Å²) in [5.74, 6) is 0.873. The molecule has 4 aromatic rings. The standard InChI is InChI=1S/C23H19N5S/c29-23-26-21(18-11-4-6-14-24-18)22(28(23)17-9-2-1-3-10-17)19-12-8-16-27(19)20-13-5-7-15-25-20/h1-16,21-22H,(H,26,29).